The summed E-state index contributed by atoms with van der Waals surface area (Å²) in [6.07, 6.45) is 0. The molecular formula is C13H20N2O2. The van der Waals surface area contributed by atoms with Crippen LogP contribution in [0.5, 0.6) is 0 Å². The van der Waals surface area contributed by atoms with E-state index in [1.807, 2.05) is 12.1 Å². The normalized spacial score (nSPS) is 10.4. The van der Waals surface area contributed by atoms with Crippen LogP contribution < -0.4 is 5.43 Å². The molecular weight excluding hydrogens is 216 g/mol. The van der Waals surface area contributed by atoms with Crippen LogP contribution in [-0.4, -0.2) is 30.7 Å². The Bertz CT molecular complexity index is 345. The summed E-state index contributed by atoms with van der Waals surface area (Å²) in [5.41, 5.74) is 4.81. The molecule has 0 saturated carbocycles. The third-order valence-electron chi connectivity index (χ3n) is 2.45. The highest BCUT2D eigenvalue weighted by molar-refractivity contribution is 5.89. The van der Waals surface area contributed by atoms with E-state index in [1.165, 1.54) is 0 Å². The van der Waals surface area contributed by atoms with Gasteiger partial charge in [0.2, 0.25) is 0 Å². The number of hydrogen-bond acceptors (Lipinski definition) is 4. The second kappa shape index (κ2) is 6.91. The molecule has 0 atom stereocenters. The van der Waals surface area contributed by atoms with Crippen LogP contribution in [0.1, 0.15) is 31.1 Å². The van der Waals surface area contributed by atoms with Gasteiger partial charge in [0.25, 0.3) is 0 Å². The van der Waals surface area contributed by atoms with E-state index in [9.17, 15) is 4.79 Å². The second-order valence-corrected chi connectivity index (χ2v) is 3.58. The van der Waals surface area contributed by atoms with Crippen LogP contribution in [0.3, 0.4) is 0 Å². The van der Waals surface area contributed by atoms with Crippen molar-refractivity contribution in [1.29, 1.82) is 0 Å². The molecule has 0 aliphatic heterocycles. The van der Waals surface area contributed by atoms with Gasteiger partial charge in [0.1, 0.15) is 0 Å². The Morgan fingerprint density at radius 1 is 1.18 bits per heavy atom. The van der Waals surface area contributed by atoms with Crippen molar-refractivity contribution < 1.29 is 9.53 Å². The van der Waals surface area contributed by atoms with Crippen LogP contribution in [-0.2, 0) is 4.74 Å². The first-order valence-corrected chi connectivity index (χ1v) is 6.00. The molecule has 94 valence electrons. The van der Waals surface area contributed by atoms with Crippen LogP contribution in [0, 0.1) is 0 Å². The minimum Gasteiger partial charge on any atom is -0.462 e. The number of esters is 1. The highest BCUT2D eigenvalue weighted by atomic mass is 16.5. The molecule has 1 aromatic rings. The van der Waals surface area contributed by atoms with Gasteiger partial charge in [-0.25, -0.2) is 9.80 Å². The van der Waals surface area contributed by atoms with E-state index in [2.05, 4.69) is 24.3 Å². The lowest BCUT2D eigenvalue weighted by atomic mass is 10.2. The molecule has 4 nitrogen and oxygen atoms in total. The van der Waals surface area contributed by atoms with Crippen LogP contribution in [0.4, 0.5) is 5.69 Å². The van der Waals surface area contributed by atoms with Crippen LogP contribution >= 0.6 is 0 Å². The first kappa shape index (κ1) is 13.5. The van der Waals surface area contributed by atoms with E-state index in [-0.39, 0.29) is 5.97 Å². The zero-order chi connectivity index (χ0) is 12.7. The second-order valence-electron chi connectivity index (χ2n) is 3.58. The molecule has 0 amide bonds. The number of rotatable bonds is 6. The Labute approximate surface area is 103 Å². The molecule has 0 bridgehead atoms. The Balaban J connectivity index is 2.64. The van der Waals surface area contributed by atoms with Gasteiger partial charge >= 0.3 is 5.97 Å². The zero-order valence-electron chi connectivity index (χ0n) is 10.7. The summed E-state index contributed by atoms with van der Waals surface area (Å²) in [6, 6.07) is 7.29. The number of anilines is 1. The van der Waals surface area contributed by atoms with Crippen molar-refractivity contribution in [3.05, 3.63) is 29.8 Å². The molecule has 0 heterocycles. The van der Waals surface area contributed by atoms with Gasteiger partial charge in [0.15, 0.2) is 0 Å². The van der Waals surface area contributed by atoms with Gasteiger partial charge in [-0.1, -0.05) is 13.8 Å². The van der Waals surface area contributed by atoms with Crippen LogP contribution in [0.25, 0.3) is 0 Å². The van der Waals surface area contributed by atoms with Crippen molar-refractivity contribution in [2.24, 2.45) is 0 Å². The molecule has 1 aromatic carbocycles. The Morgan fingerprint density at radius 2 is 1.76 bits per heavy atom. The van der Waals surface area contributed by atoms with E-state index < -0.39 is 0 Å². The summed E-state index contributed by atoms with van der Waals surface area (Å²) in [4.78, 5) is 11.4. The van der Waals surface area contributed by atoms with Gasteiger partial charge in [-0.3, -0.25) is 0 Å². The number of nitrogens with zero attached hydrogens (tertiary/aromatic N) is 1. The number of benzene rings is 1. The fourth-order valence-electron chi connectivity index (χ4n) is 1.46. The summed E-state index contributed by atoms with van der Waals surface area (Å²) in [5.74, 6) is -0.276. The summed E-state index contributed by atoms with van der Waals surface area (Å²) in [5, 5.41) is 2.08. The quantitative estimate of drug-likeness (QED) is 0.608. The number of hydrogen-bond donors (Lipinski definition) is 1. The van der Waals surface area contributed by atoms with E-state index in [4.69, 9.17) is 4.74 Å². The van der Waals surface area contributed by atoms with Gasteiger partial charge < -0.3 is 10.2 Å². The fraction of sp³-hybridized carbons (Fsp3) is 0.462. The summed E-state index contributed by atoms with van der Waals surface area (Å²) < 4.78 is 4.92. The molecule has 0 aliphatic carbocycles. The first-order chi connectivity index (χ1) is 8.21. The molecule has 0 spiro atoms. The summed E-state index contributed by atoms with van der Waals surface area (Å²) in [7, 11) is 0. The highest BCUT2D eigenvalue weighted by Crippen LogP contribution is 2.11. The SMILES string of the molecule is CCOC(=O)c1ccc(NN(CC)CC)cc1. The molecule has 0 aromatic heterocycles. The van der Waals surface area contributed by atoms with Crippen LogP contribution in [0.2, 0.25) is 0 Å². The molecule has 0 fully saturated rings. The smallest absolute Gasteiger partial charge is 0.338 e. The molecule has 1 rings (SSSR count). The van der Waals surface area contributed by atoms with Crippen molar-refractivity contribution in [3.8, 4) is 0 Å². The molecule has 0 unspecified atom stereocenters. The minimum atomic E-state index is -0.276. The summed E-state index contributed by atoms with van der Waals surface area (Å²) >= 11 is 0. The number of hydrazine groups is 1. The Morgan fingerprint density at radius 3 is 2.24 bits per heavy atom. The molecule has 17 heavy (non-hydrogen) atoms. The number of carbonyl (C=O) groups is 1. The predicted molar refractivity (Wildman–Crippen MR) is 68.9 cm³/mol. The van der Waals surface area contributed by atoms with Crippen molar-refractivity contribution >= 4 is 11.7 Å². The largest absolute Gasteiger partial charge is 0.462 e. The first-order valence-electron chi connectivity index (χ1n) is 6.00. The van der Waals surface area contributed by atoms with E-state index in [0.717, 1.165) is 18.8 Å². The topological polar surface area (TPSA) is 41.6 Å². The molecule has 0 aliphatic rings. The molecule has 4 heteroatoms. The van der Waals surface area contributed by atoms with E-state index in [1.54, 1.807) is 19.1 Å². The monoisotopic (exact) mass is 236 g/mol. The maximum atomic E-state index is 11.4. The average molecular weight is 236 g/mol. The third kappa shape index (κ3) is 4.07. The van der Waals surface area contributed by atoms with Crippen molar-refractivity contribution in [1.82, 2.24) is 5.01 Å². The maximum absolute atomic E-state index is 11.4. The Hall–Kier alpha value is -1.55. The third-order valence-corrected chi connectivity index (χ3v) is 2.45. The summed E-state index contributed by atoms with van der Waals surface area (Å²) in [6.45, 7) is 8.23. The lowest BCUT2D eigenvalue weighted by Gasteiger charge is -2.20. The lowest BCUT2D eigenvalue weighted by molar-refractivity contribution is 0.0526. The van der Waals surface area contributed by atoms with Crippen molar-refractivity contribution in [2.45, 2.75) is 20.8 Å². The minimum absolute atomic E-state index is 0.276. The van der Waals surface area contributed by atoms with E-state index in [0.29, 0.717) is 12.2 Å². The van der Waals surface area contributed by atoms with Gasteiger partial charge in [-0.05, 0) is 31.2 Å². The van der Waals surface area contributed by atoms with Gasteiger partial charge in [-0.15, -0.1) is 0 Å². The molecule has 0 radical (unpaired) electrons. The highest BCUT2D eigenvalue weighted by Gasteiger charge is 2.06. The maximum Gasteiger partial charge on any atom is 0.338 e. The standard InChI is InChI=1S/C13H20N2O2/c1-4-15(5-2)14-12-9-7-11(8-10-12)13(16)17-6-3/h7-10,14H,4-6H2,1-3H3. The lowest BCUT2D eigenvalue weighted by Crippen LogP contribution is -2.29. The van der Waals surface area contributed by atoms with Gasteiger partial charge in [0.05, 0.1) is 12.2 Å². The number of nitrogens with one attached hydrogen (secondary N) is 1. The Kier molecular flexibility index (Phi) is 5.49. The van der Waals surface area contributed by atoms with Crippen molar-refractivity contribution in [3.63, 3.8) is 0 Å². The predicted octanol–water partition coefficient (Wildman–Crippen LogP) is 2.53. The zero-order valence-corrected chi connectivity index (χ0v) is 10.7. The van der Waals surface area contributed by atoms with E-state index >= 15 is 0 Å². The van der Waals surface area contributed by atoms with Crippen molar-refractivity contribution in [2.75, 3.05) is 25.1 Å². The molecule has 0 saturated heterocycles. The molecule has 1 N–H and O–H groups in total. The number of carbonyl (C=O) groups excluding carboxylic acids is 1. The van der Waals surface area contributed by atoms with Crippen LogP contribution in [0.15, 0.2) is 24.3 Å². The average Bonchev–Trinajstić information content (AvgIpc) is 2.37. The van der Waals surface area contributed by atoms with Gasteiger partial charge in [0, 0.05) is 18.8 Å². The van der Waals surface area contributed by atoms with Gasteiger partial charge in [-0.2, -0.15) is 0 Å². The number of ether oxygens (including phenoxy) is 1. The fourth-order valence-corrected chi connectivity index (χ4v) is 1.46.